The molecule has 3 rings (SSSR count). The monoisotopic (exact) mass is 333 g/mol. The molecule has 0 aliphatic heterocycles. The molecule has 1 amide bonds. The molecule has 6 heteroatoms. The highest BCUT2D eigenvalue weighted by atomic mass is 79.9. The van der Waals surface area contributed by atoms with E-state index in [-0.39, 0.29) is 5.76 Å². The molecular weight excluding hydrogens is 322 g/mol. The largest absolute Gasteiger partial charge is 0.454 e. The maximum atomic E-state index is 11.3. The molecule has 0 fully saturated rings. The molecule has 0 unspecified atom stereocenters. The lowest BCUT2D eigenvalue weighted by atomic mass is 10.2. The third-order valence-electron chi connectivity index (χ3n) is 3.08. The maximum absolute atomic E-state index is 11.3. The van der Waals surface area contributed by atoms with E-state index in [0.29, 0.717) is 12.3 Å². The fraction of sp³-hybridized carbons (Fsp3) is 0.0714. The zero-order valence-electron chi connectivity index (χ0n) is 10.5. The summed E-state index contributed by atoms with van der Waals surface area (Å²) in [6, 6.07) is 11.5. The molecule has 2 heterocycles. The number of fused-ring (bicyclic) bond motifs is 1. The fourth-order valence-electron chi connectivity index (χ4n) is 2.13. The van der Waals surface area contributed by atoms with Crippen molar-refractivity contribution in [3.8, 4) is 0 Å². The Kier molecular flexibility index (Phi) is 3.33. The van der Waals surface area contributed by atoms with Gasteiger partial charge in [0.05, 0.1) is 6.54 Å². The van der Waals surface area contributed by atoms with E-state index < -0.39 is 5.91 Å². The summed E-state index contributed by atoms with van der Waals surface area (Å²) in [4.78, 5) is 11.3. The van der Waals surface area contributed by atoms with Gasteiger partial charge >= 0.3 is 5.91 Å². The Labute approximate surface area is 123 Å². The Morgan fingerprint density at radius 3 is 2.95 bits per heavy atom. The number of nitrogens with two attached hydrogens (primary N) is 1. The molecule has 0 aliphatic carbocycles. The van der Waals surface area contributed by atoms with Gasteiger partial charge in [0.15, 0.2) is 5.76 Å². The van der Waals surface area contributed by atoms with Crippen molar-refractivity contribution in [2.24, 2.45) is 5.84 Å². The number of nitrogens with zero attached hydrogens (tertiary/aromatic N) is 1. The Morgan fingerprint density at radius 2 is 2.15 bits per heavy atom. The summed E-state index contributed by atoms with van der Waals surface area (Å²) in [6.45, 7) is 0.559. The summed E-state index contributed by atoms with van der Waals surface area (Å²) in [5.41, 5.74) is 3.15. The number of hydrazine groups is 1. The van der Waals surface area contributed by atoms with E-state index >= 15 is 0 Å². The van der Waals surface area contributed by atoms with Crippen molar-refractivity contribution in [3.05, 3.63) is 58.6 Å². The van der Waals surface area contributed by atoms with Gasteiger partial charge in [0.25, 0.3) is 0 Å². The van der Waals surface area contributed by atoms with Crippen molar-refractivity contribution >= 4 is 32.7 Å². The minimum atomic E-state index is -0.433. The number of hydrogen-bond donors (Lipinski definition) is 2. The highest BCUT2D eigenvalue weighted by Gasteiger charge is 2.10. The zero-order valence-corrected chi connectivity index (χ0v) is 12.1. The highest BCUT2D eigenvalue weighted by Crippen LogP contribution is 2.22. The number of carbonyl (C=O) groups is 1. The van der Waals surface area contributed by atoms with Crippen molar-refractivity contribution in [2.75, 3.05) is 0 Å². The predicted molar refractivity (Wildman–Crippen MR) is 79.1 cm³/mol. The Morgan fingerprint density at radius 1 is 1.30 bits per heavy atom. The van der Waals surface area contributed by atoms with Crippen LogP contribution in [0.3, 0.4) is 0 Å². The number of carbonyl (C=O) groups excluding carboxylic acids is 1. The third-order valence-corrected chi connectivity index (χ3v) is 3.57. The lowest BCUT2D eigenvalue weighted by molar-refractivity contribution is 0.0924. The SMILES string of the molecule is NNC(=O)c1ccc(Cn2ccc3cc(Br)ccc32)o1. The Hall–Kier alpha value is -2.05. The van der Waals surface area contributed by atoms with E-state index in [9.17, 15) is 4.79 Å². The molecule has 5 nitrogen and oxygen atoms in total. The van der Waals surface area contributed by atoms with Gasteiger partial charge in [0, 0.05) is 21.6 Å². The van der Waals surface area contributed by atoms with Gasteiger partial charge in [-0.1, -0.05) is 15.9 Å². The van der Waals surface area contributed by atoms with Gasteiger partial charge in [-0.25, -0.2) is 5.84 Å². The van der Waals surface area contributed by atoms with Gasteiger partial charge in [-0.3, -0.25) is 10.2 Å². The van der Waals surface area contributed by atoms with Crippen molar-refractivity contribution in [2.45, 2.75) is 6.54 Å². The molecule has 0 spiro atoms. The van der Waals surface area contributed by atoms with E-state index in [2.05, 4.69) is 26.6 Å². The summed E-state index contributed by atoms with van der Waals surface area (Å²) < 4.78 is 8.56. The normalized spacial score (nSPS) is 10.9. The van der Waals surface area contributed by atoms with E-state index in [1.54, 1.807) is 12.1 Å². The number of aromatic nitrogens is 1. The molecule has 3 aromatic rings. The van der Waals surface area contributed by atoms with Crippen LogP contribution in [0.2, 0.25) is 0 Å². The first kappa shape index (κ1) is 13.0. The van der Waals surface area contributed by atoms with Gasteiger partial charge in [0.2, 0.25) is 0 Å². The van der Waals surface area contributed by atoms with Crippen molar-refractivity contribution in [1.29, 1.82) is 0 Å². The maximum Gasteiger partial charge on any atom is 0.300 e. The van der Waals surface area contributed by atoms with Crippen molar-refractivity contribution in [3.63, 3.8) is 0 Å². The summed E-state index contributed by atoms with van der Waals surface area (Å²) in [5.74, 6) is 5.54. The van der Waals surface area contributed by atoms with E-state index in [4.69, 9.17) is 10.3 Å². The van der Waals surface area contributed by atoms with Gasteiger partial charge < -0.3 is 8.98 Å². The van der Waals surface area contributed by atoms with Crippen LogP contribution in [-0.4, -0.2) is 10.5 Å². The summed E-state index contributed by atoms with van der Waals surface area (Å²) in [5, 5.41) is 1.14. The second-order valence-electron chi connectivity index (χ2n) is 4.39. The molecule has 0 saturated carbocycles. The number of hydrogen-bond acceptors (Lipinski definition) is 3. The van der Waals surface area contributed by atoms with Gasteiger partial charge in [0.1, 0.15) is 5.76 Å². The van der Waals surface area contributed by atoms with Crippen LogP contribution in [-0.2, 0) is 6.54 Å². The Bertz CT molecular complexity index is 776. The van der Waals surface area contributed by atoms with Crippen LogP contribution in [0, 0.1) is 0 Å². The van der Waals surface area contributed by atoms with Crippen LogP contribution in [0.15, 0.2) is 51.5 Å². The first-order chi connectivity index (χ1) is 9.67. The second-order valence-corrected chi connectivity index (χ2v) is 5.30. The number of halogens is 1. The molecule has 1 aromatic carbocycles. The fourth-order valence-corrected chi connectivity index (χ4v) is 2.51. The summed E-state index contributed by atoms with van der Waals surface area (Å²) in [7, 11) is 0. The molecule has 0 bridgehead atoms. The lowest BCUT2D eigenvalue weighted by Gasteiger charge is -2.03. The van der Waals surface area contributed by atoms with Crippen LogP contribution in [0.4, 0.5) is 0 Å². The second kappa shape index (κ2) is 5.15. The summed E-state index contributed by atoms with van der Waals surface area (Å²) >= 11 is 3.45. The summed E-state index contributed by atoms with van der Waals surface area (Å²) in [6.07, 6.45) is 1.99. The molecule has 0 atom stereocenters. The first-order valence-electron chi connectivity index (χ1n) is 6.01. The zero-order chi connectivity index (χ0) is 14.1. The van der Waals surface area contributed by atoms with Crippen LogP contribution < -0.4 is 11.3 Å². The number of benzene rings is 1. The quantitative estimate of drug-likeness (QED) is 0.439. The van der Waals surface area contributed by atoms with Gasteiger partial charge in [-0.05, 0) is 36.4 Å². The van der Waals surface area contributed by atoms with E-state index in [1.165, 1.54) is 0 Å². The average Bonchev–Trinajstić information content (AvgIpc) is 3.06. The number of rotatable bonds is 3. The standard InChI is InChI=1S/C14H12BrN3O2/c15-10-1-3-12-9(7-10)5-6-18(12)8-11-2-4-13(20-11)14(19)17-16/h1-7H,8,16H2,(H,17,19). The average molecular weight is 334 g/mol. The van der Waals surface area contributed by atoms with Gasteiger partial charge in [-0.2, -0.15) is 0 Å². The molecule has 20 heavy (non-hydrogen) atoms. The minimum Gasteiger partial charge on any atom is -0.454 e. The van der Waals surface area contributed by atoms with E-state index in [0.717, 1.165) is 15.4 Å². The van der Waals surface area contributed by atoms with Crippen LogP contribution in [0.1, 0.15) is 16.3 Å². The van der Waals surface area contributed by atoms with Crippen LogP contribution >= 0.6 is 15.9 Å². The molecule has 0 aliphatic rings. The topological polar surface area (TPSA) is 73.2 Å². The molecule has 3 N–H and O–H groups in total. The number of furan rings is 1. The smallest absolute Gasteiger partial charge is 0.300 e. The molecule has 0 saturated heterocycles. The number of nitrogens with one attached hydrogen (secondary N) is 1. The predicted octanol–water partition coefficient (Wildman–Crippen LogP) is 2.65. The minimum absolute atomic E-state index is 0.210. The van der Waals surface area contributed by atoms with Crippen molar-refractivity contribution in [1.82, 2.24) is 9.99 Å². The molecule has 0 radical (unpaired) electrons. The highest BCUT2D eigenvalue weighted by molar-refractivity contribution is 9.10. The molecular formula is C14H12BrN3O2. The van der Waals surface area contributed by atoms with E-state index in [1.807, 2.05) is 29.8 Å². The number of nitrogen functional groups attached to an aromatic ring is 1. The Balaban J connectivity index is 1.89. The van der Waals surface area contributed by atoms with Gasteiger partial charge in [-0.15, -0.1) is 0 Å². The lowest BCUT2D eigenvalue weighted by Crippen LogP contribution is -2.29. The van der Waals surface area contributed by atoms with Crippen LogP contribution in [0.5, 0.6) is 0 Å². The van der Waals surface area contributed by atoms with Crippen molar-refractivity contribution < 1.29 is 9.21 Å². The van der Waals surface area contributed by atoms with Crippen LogP contribution in [0.25, 0.3) is 10.9 Å². The molecule has 102 valence electrons. The number of amides is 1. The first-order valence-corrected chi connectivity index (χ1v) is 6.81. The molecule has 2 aromatic heterocycles. The third kappa shape index (κ3) is 2.35.